The second-order valence-corrected chi connectivity index (χ2v) is 7.83. The van der Waals surface area contributed by atoms with Gasteiger partial charge < -0.3 is 15.0 Å². The van der Waals surface area contributed by atoms with E-state index >= 15 is 0 Å². The second kappa shape index (κ2) is 10.8. The van der Waals surface area contributed by atoms with Crippen LogP contribution in [-0.4, -0.2) is 30.9 Å². The highest BCUT2D eigenvalue weighted by molar-refractivity contribution is 7.10. The Labute approximate surface area is 177 Å². The molecule has 0 fully saturated rings. The molecule has 1 heterocycles. The van der Waals surface area contributed by atoms with E-state index in [1.54, 1.807) is 11.3 Å². The normalized spacial score (nSPS) is 11.8. The number of benzene rings is 2. The van der Waals surface area contributed by atoms with Crippen LogP contribution in [0.15, 0.2) is 72.1 Å². The molecule has 3 rings (SSSR count). The van der Waals surface area contributed by atoms with Crippen LogP contribution in [0, 0.1) is 0 Å². The Hall–Kier alpha value is -2.63. The van der Waals surface area contributed by atoms with Crippen molar-refractivity contribution in [2.45, 2.75) is 26.0 Å². The fourth-order valence-corrected chi connectivity index (χ4v) is 3.99. The molecule has 5 heteroatoms. The SMILES string of the molecule is CCN(Cc1cccc(OC(CCNC)c2cccs2)c1)C(=O)c1ccccc1. The number of ether oxygens (including phenoxy) is 1. The largest absolute Gasteiger partial charge is 0.485 e. The number of carbonyl (C=O) groups excluding carboxylic acids is 1. The first kappa shape index (κ1) is 21.1. The van der Waals surface area contributed by atoms with Gasteiger partial charge >= 0.3 is 0 Å². The summed E-state index contributed by atoms with van der Waals surface area (Å²) in [5.41, 5.74) is 1.78. The number of nitrogens with zero attached hydrogens (tertiary/aromatic N) is 1. The average Bonchev–Trinajstić information content (AvgIpc) is 3.30. The highest BCUT2D eigenvalue weighted by Crippen LogP contribution is 2.28. The maximum absolute atomic E-state index is 12.8. The smallest absolute Gasteiger partial charge is 0.254 e. The summed E-state index contributed by atoms with van der Waals surface area (Å²) in [6, 6.07) is 21.7. The van der Waals surface area contributed by atoms with Gasteiger partial charge in [0, 0.05) is 30.0 Å². The van der Waals surface area contributed by atoms with Crippen LogP contribution >= 0.6 is 11.3 Å². The minimum atomic E-state index is 0.0194. The summed E-state index contributed by atoms with van der Waals surface area (Å²) < 4.78 is 6.33. The Balaban J connectivity index is 1.71. The van der Waals surface area contributed by atoms with E-state index < -0.39 is 0 Å². The topological polar surface area (TPSA) is 41.6 Å². The van der Waals surface area contributed by atoms with E-state index in [9.17, 15) is 4.79 Å². The lowest BCUT2D eigenvalue weighted by molar-refractivity contribution is 0.0752. The second-order valence-electron chi connectivity index (χ2n) is 6.85. The molecule has 1 amide bonds. The van der Waals surface area contributed by atoms with Gasteiger partial charge in [0.05, 0.1) is 0 Å². The molecule has 29 heavy (non-hydrogen) atoms. The van der Waals surface area contributed by atoms with Gasteiger partial charge in [0.25, 0.3) is 5.91 Å². The van der Waals surface area contributed by atoms with Crippen LogP contribution in [0.4, 0.5) is 0 Å². The van der Waals surface area contributed by atoms with Gasteiger partial charge in [0.15, 0.2) is 0 Å². The number of rotatable bonds is 10. The summed E-state index contributed by atoms with van der Waals surface area (Å²) in [6.07, 6.45) is 0.917. The van der Waals surface area contributed by atoms with Crippen LogP contribution in [0.2, 0.25) is 0 Å². The summed E-state index contributed by atoms with van der Waals surface area (Å²) in [4.78, 5) is 15.9. The molecule has 0 radical (unpaired) electrons. The molecule has 0 aliphatic carbocycles. The third kappa shape index (κ3) is 5.92. The third-order valence-corrected chi connectivity index (χ3v) is 5.72. The van der Waals surface area contributed by atoms with Gasteiger partial charge in [-0.25, -0.2) is 0 Å². The molecule has 0 aliphatic rings. The zero-order valence-electron chi connectivity index (χ0n) is 17.0. The van der Waals surface area contributed by atoms with Gasteiger partial charge in [0.2, 0.25) is 0 Å². The first-order valence-electron chi connectivity index (χ1n) is 9.99. The lowest BCUT2D eigenvalue weighted by atomic mass is 10.1. The van der Waals surface area contributed by atoms with Gasteiger partial charge in [-0.2, -0.15) is 0 Å². The van der Waals surface area contributed by atoms with E-state index in [0.29, 0.717) is 18.7 Å². The van der Waals surface area contributed by atoms with Gasteiger partial charge in [-0.1, -0.05) is 36.4 Å². The Kier molecular flexibility index (Phi) is 7.85. The monoisotopic (exact) mass is 408 g/mol. The van der Waals surface area contributed by atoms with Crippen LogP contribution < -0.4 is 10.1 Å². The third-order valence-electron chi connectivity index (χ3n) is 4.76. The lowest BCUT2D eigenvalue weighted by Gasteiger charge is -2.22. The minimum Gasteiger partial charge on any atom is -0.485 e. The van der Waals surface area contributed by atoms with Crippen molar-refractivity contribution >= 4 is 17.2 Å². The first-order chi connectivity index (χ1) is 14.2. The van der Waals surface area contributed by atoms with Crippen molar-refractivity contribution in [3.63, 3.8) is 0 Å². The molecule has 0 bridgehead atoms. The Morgan fingerprint density at radius 1 is 1.10 bits per heavy atom. The van der Waals surface area contributed by atoms with E-state index in [0.717, 1.165) is 24.3 Å². The number of hydrogen-bond acceptors (Lipinski definition) is 4. The van der Waals surface area contributed by atoms with Crippen molar-refractivity contribution in [1.29, 1.82) is 0 Å². The molecule has 0 spiro atoms. The summed E-state index contributed by atoms with van der Waals surface area (Å²) >= 11 is 1.72. The molecule has 0 aliphatic heterocycles. The highest BCUT2D eigenvalue weighted by Gasteiger charge is 2.16. The molecule has 1 atom stereocenters. The summed E-state index contributed by atoms with van der Waals surface area (Å²) in [5, 5.41) is 5.28. The van der Waals surface area contributed by atoms with E-state index in [4.69, 9.17) is 4.74 Å². The quantitative estimate of drug-likeness (QED) is 0.505. The van der Waals surface area contributed by atoms with Crippen molar-refractivity contribution in [3.05, 3.63) is 88.1 Å². The number of nitrogens with one attached hydrogen (secondary N) is 1. The van der Waals surface area contributed by atoms with E-state index in [1.165, 1.54) is 4.88 Å². The van der Waals surface area contributed by atoms with Crippen LogP contribution in [0.25, 0.3) is 0 Å². The minimum absolute atomic E-state index is 0.0194. The molecule has 0 saturated heterocycles. The van der Waals surface area contributed by atoms with Gasteiger partial charge in [0.1, 0.15) is 11.9 Å². The van der Waals surface area contributed by atoms with Crippen LogP contribution in [0.5, 0.6) is 5.75 Å². The van der Waals surface area contributed by atoms with Gasteiger partial charge in [-0.15, -0.1) is 11.3 Å². The maximum atomic E-state index is 12.8. The fourth-order valence-electron chi connectivity index (χ4n) is 3.20. The molecular weight excluding hydrogens is 380 g/mol. The van der Waals surface area contributed by atoms with E-state index in [1.807, 2.05) is 73.5 Å². The maximum Gasteiger partial charge on any atom is 0.254 e. The molecule has 0 saturated carbocycles. The summed E-state index contributed by atoms with van der Waals surface area (Å²) in [5.74, 6) is 0.880. The lowest BCUT2D eigenvalue weighted by Crippen LogP contribution is -2.30. The van der Waals surface area contributed by atoms with Crippen LogP contribution in [0.3, 0.4) is 0 Å². The summed E-state index contributed by atoms with van der Waals surface area (Å²) in [7, 11) is 1.95. The molecule has 4 nitrogen and oxygen atoms in total. The fraction of sp³-hybridized carbons (Fsp3) is 0.292. The number of amides is 1. The average molecular weight is 409 g/mol. The van der Waals surface area contributed by atoms with Crippen molar-refractivity contribution in [3.8, 4) is 5.75 Å². The number of carbonyl (C=O) groups is 1. The first-order valence-corrected chi connectivity index (χ1v) is 10.9. The van der Waals surface area contributed by atoms with Gasteiger partial charge in [-0.3, -0.25) is 4.79 Å². The molecule has 1 aromatic heterocycles. The Morgan fingerprint density at radius 3 is 2.62 bits per heavy atom. The molecule has 152 valence electrons. The van der Waals surface area contributed by atoms with Crippen LogP contribution in [-0.2, 0) is 6.54 Å². The highest BCUT2D eigenvalue weighted by atomic mass is 32.1. The zero-order chi connectivity index (χ0) is 20.5. The van der Waals surface area contributed by atoms with Crippen molar-refractivity contribution in [2.24, 2.45) is 0 Å². The molecular formula is C24H28N2O2S. The zero-order valence-corrected chi connectivity index (χ0v) is 17.8. The Morgan fingerprint density at radius 2 is 1.93 bits per heavy atom. The number of hydrogen-bond donors (Lipinski definition) is 1. The predicted molar refractivity (Wildman–Crippen MR) is 120 cm³/mol. The molecule has 3 aromatic rings. The standard InChI is InChI=1S/C24H28N2O2S/c1-3-26(24(27)20-10-5-4-6-11-20)18-19-9-7-12-21(17-19)28-22(14-15-25-2)23-13-8-16-29-23/h4-13,16-17,22,25H,3,14-15,18H2,1-2H3. The Bertz CT molecular complexity index is 881. The van der Waals surface area contributed by atoms with Crippen molar-refractivity contribution in [1.82, 2.24) is 10.2 Å². The molecule has 1 N–H and O–H groups in total. The summed E-state index contributed by atoms with van der Waals surface area (Å²) in [6.45, 7) is 4.10. The van der Waals surface area contributed by atoms with Crippen molar-refractivity contribution < 1.29 is 9.53 Å². The predicted octanol–water partition coefficient (Wildman–Crippen LogP) is 5.14. The number of thiophene rings is 1. The molecule has 1 unspecified atom stereocenters. The molecule has 2 aromatic carbocycles. The van der Waals surface area contributed by atoms with Crippen molar-refractivity contribution in [2.75, 3.05) is 20.1 Å². The van der Waals surface area contributed by atoms with E-state index in [2.05, 4.69) is 22.8 Å². The van der Waals surface area contributed by atoms with Crippen LogP contribution in [0.1, 0.15) is 40.2 Å². The van der Waals surface area contributed by atoms with E-state index in [-0.39, 0.29) is 12.0 Å². The van der Waals surface area contributed by atoms with Gasteiger partial charge in [-0.05, 0) is 61.8 Å².